The van der Waals surface area contributed by atoms with Gasteiger partial charge in [-0.15, -0.1) is 0 Å². The number of unbranched alkanes of at least 4 members (excludes halogenated alkanes) is 8. The van der Waals surface area contributed by atoms with Crippen LogP contribution in [0.3, 0.4) is 0 Å². The highest BCUT2D eigenvalue weighted by atomic mass is 16.6. The first-order valence-electron chi connectivity index (χ1n) is 27.6. The molecule has 0 saturated heterocycles. The molecule has 1 unspecified atom stereocenters. The van der Waals surface area contributed by atoms with E-state index in [1.165, 1.54) is 25.7 Å². The van der Waals surface area contributed by atoms with Gasteiger partial charge in [-0.05, 0) is 122 Å². The first-order chi connectivity index (χ1) is 35.0. The maximum Gasteiger partial charge on any atom is 0.306 e. The smallest absolute Gasteiger partial charge is 0.306 e. The van der Waals surface area contributed by atoms with Crippen molar-refractivity contribution < 1.29 is 28.6 Å². The van der Waals surface area contributed by atoms with Crippen LogP contribution in [0.15, 0.2) is 170 Å². The summed E-state index contributed by atoms with van der Waals surface area (Å²) in [6.07, 6.45) is 85.1. The summed E-state index contributed by atoms with van der Waals surface area (Å²) in [5.41, 5.74) is 0. The van der Waals surface area contributed by atoms with Gasteiger partial charge in [-0.1, -0.05) is 229 Å². The summed E-state index contributed by atoms with van der Waals surface area (Å²) >= 11 is 0. The van der Waals surface area contributed by atoms with E-state index in [4.69, 9.17) is 14.2 Å². The molecule has 0 fully saturated rings. The van der Waals surface area contributed by atoms with E-state index in [0.29, 0.717) is 19.3 Å². The number of carbonyl (C=O) groups is 3. The molecular formula is C65H98O6. The van der Waals surface area contributed by atoms with Gasteiger partial charge in [0, 0.05) is 19.3 Å². The van der Waals surface area contributed by atoms with Crippen LogP contribution < -0.4 is 0 Å². The van der Waals surface area contributed by atoms with Crippen molar-refractivity contribution in [1.82, 2.24) is 0 Å². The molecule has 6 heteroatoms. The Bertz CT molecular complexity index is 1690. The molecule has 394 valence electrons. The van der Waals surface area contributed by atoms with E-state index in [1.807, 2.05) is 0 Å². The highest BCUT2D eigenvalue weighted by molar-refractivity contribution is 5.71. The number of hydrogen-bond acceptors (Lipinski definition) is 6. The van der Waals surface area contributed by atoms with Crippen LogP contribution in [-0.2, 0) is 28.6 Å². The molecule has 0 aliphatic heterocycles. The van der Waals surface area contributed by atoms with Crippen molar-refractivity contribution in [3.63, 3.8) is 0 Å². The lowest BCUT2D eigenvalue weighted by Gasteiger charge is -2.18. The van der Waals surface area contributed by atoms with Crippen molar-refractivity contribution in [2.24, 2.45) is 0 Å². The van der Waals surface area contributed by atoms with Crippen LogP contribution in [0.5, 0.6) is 0 Å². The van der Waals surface area contributed by atoms with E-state index in [0.717, 1.165) is 122 Å². The zero-order valence-electron chi connectivity index (χ0n) is 44.9. The zero-order valence-corrected chi connectivity index (χ0v) is 44.9. The third-order valence-electron chi connectivity index (χ3n) is 10.7. The Hall–Kier alpha value is -5.23. The summed E-state index contributed by atoms with van der Waals surface area (Å²) in [5.74, 6) is -1.07. The first-order valence-corrected chi connectivity index (χ1v) is 27.6. The maximum absolute atomic E-state index is 12.8. The molecule has 0 aliphatic carbocycles. The van der Waals surface area contributed by atoms with E-state index in [1.54, 1.807) is 0 Å². The van der Waals surface area contributed by atoms with E-state index in [-0.39, 0.29) is 38.0 Å². The number of carbonyl (C=O) groups excluding carboxylic acids is 3. The molecule has 0 saturated carbocycles. The second-order valence-electron chi connectivity index (χ2n) is 17.4. The SMILES string of the molecule is CC/C=C\C/C=C\C/C=C\C/C=C\C/C=C\C/C=C\C/C=C\CCCC(=O)OCC(COC(=O)CCCCCCCCC)OC(=O)CCC/C=C\C/C=C\C/C=C\C/C=C\C/C=C\C/C=C\C/C=C\CC. The molecule has 1 atom stereocenters. The average molecular weight is 975 g/mol. The summed E-state index contributed by atoms with van der Waals surface area (Å²) in [6.45, 7) is 6.24. The normalized spacial score (nSPS) is 13.5. The third kappa shape index (κ3) is 55.6. The van der Waals surface area contributed by atoms with Crippen molar-refractivity contribution >= 4 is 17.9 Å². The van der Waals surface area contributed by atoms with Gasteiger partial charge < -0.3 is 14.2 Å². The topological polar surface area (TPSA) is 78.9 Å². The minimum atomic E-state index is -0.839. The summed E-state index contributed by atoms with van der Waals surface area (Å²) in [4.78, 5) is 37.9. The third-order valence-corrected chi connectivity index (χ3v) is 10.7. The standard InChI is InChI=1S/C65H98O6/c1-4-7-10-13-16-18-20-22-24-26-28-30-32-34-36-38-40-42-44-46-49-52-55-58-64(67)70-61-62(60-69-63(66)57-54-51-48-15-12-9-6-3)71-65(68)59-56-53-50-47-45-43-41-39-37-35-33-31-29-27-25-23-21-19-17-14-11-8-5-2/h7-8,10-11,16-19,22-25,28-31,34-37,40-43,46-47,49-50,62H,4-6,9,12-15,20-21,26-27,32-33,38-39,44-45,48,51-61H2,1-3H3/b10-7-,11-8-,18-16-,19-17-,24-22-,25-23-,30-28-,31-29-,36-34-,37-35-,42-40-,43-41-,49-46-,50-47-. The minimum Gasteiger partial charge on any atom is -0.462 e. The number of hydrogen-bond donors (Lipinski definition) is 0. The largest absolute Gasteiger partial charge is 0.462 e. The fourth-order valence-electron chi connectivity index (χ4n) is 6.65. The van der Waals surface area contributed by atoms with Crippen molar-refractivity contribution in [3.8, 4) is 0 Å². The van der Waals surface area contributed by atoms with Gasteiger partial charge in [-0.25, -0.2) is 0 Å². The molecule has 0 amide bonds. The van der Waals surface area contributed by atoms with Crippen molar-refractivity contribution in [1.29, 1.82) is 0 Å². The van der Waals surface area contributed by atoms with Crippen LogP contribution in [0, 0.1) is 0 Å². The zero-order chi connectivity index (χ0) is 51.4. The van der Waals surface area contributed by atoms with Crippen LogP contribution in [0.1, 0.15) is 201 Å². The van der Waals surface area contributed by atoms with Gasteiger partial charge in [0.1, 0.15) is 13.2 Å². The molecule has 0 aromatic rings. The van der Waals surface area contributed by atoms with Gasteiger partial charge >= 0.3 is 17.9 Å². The average Bonchev–Trinajstić information content (AvgIpc) is 3.37. The molecule has 0 aliphatic rings. The fourth-order valence-corrected chi connectivity index (χ4v) is 6.65. The monoisotopic (exact) mass is 975 g/mol. The molecule has 0 radical (unpaired) electrons. The first kappa shape index (κ1) is 65.8. The van der Waals surface area contributed by atoms with E-state index >= 15 is 0 Å². The molecule has 71 heavy (non-hydrogen) atoms. The van der Waals surface area contributed by atoms with Gasteiger partial charge in [0.05, 0.1) is 0 Å². The summed E-state index contributed by atoms with van der Waals surface area (Å²) in [6, 6.07) is 0. The van der Waals surface area contributed by atoms with Gasteiger partial charge in [-0.2, -0.15) is 0 Å². The lowest BCUT2D eigenvalue weighted by molar-refractivity contribution is -0.167. The molecular weight excluding hydrogens is 877 g/mol. The molecule has 0 aromatic carbocycles. The maximum atomic E-state index is 12.8. The fraction of sp³-hybridized carbons (Fsp3) is 0.523. The Kier molecular flexibility index (Phi) is 53.1. The van der Waals surface area contributed by atoms with Gasteiger partial charge in [-0.3, -0.25) is 14.4 Å². The van der Waals surface area contributed by atoms with Gasteiger partial charge in [0.25, 0.3) is 0 Å². The second kappa shape index (κ2) is 57.3. The number of rotatable bonds is 47. The van der Waals surface area contributed by atoms with Crippen molar-refractivity contribution in [2.45, 2.75) is 207 Å². The Balaban J connectivity index is 4.48. The summed E-state index contributed by atoms with van der Waals surface area (Å²) in [5, 5.41) is 0. The van der Waals surface area contributed by atoms with Crippen LogP contribution in [-0.4, -0.2) is 37.2 Å². The molecule has 0 heterocycles. The van der Waals surface area contributed by atoms with E-state index in [9.17, 15) is 14.4 Å². The van der Waals surface area contributed by atoms with Gasteiger partial charge in [0.2, 0.25) is 0 Å². The van der Waals surface area contributed by atoms with Crippen molar-refractivity contribution in [3.05, 3.63) is 170 Å². The molecule has 0 bridgehead atoms. The van der Waals surface area contributed by atoms with Crippen LogP contribution in [0.4, 0.5) is 0 Å². The summed E-state index contributed by atoms with van der Waals surface area (Å²) < 4.78 is 16.6. The highest BCUT2D eigenvalue weighted by Crippen LogP contribution is 2.11. The predicted octanol–water partition coefficient (Wildman–Crippen LogP) is 18.8. The van der Waals surface area contributed by atoms with E-state index in [2.05, 4.69) is 191 Å². The molecule has 6 nitrogen and oxygen atoms in total. The van der Waals surface area contributed by atoms with Crippen LogP contribution in [0.2, 0.25) is 0 Å². The number of esters is 3. The molecule has 0 spiro atoms. The Morgan fingerprint density at radius 2 is 0.549 bits per heavy atom. The number of ether oxygens (including phenoxy) is 3. The van der Waals surface area contributed by atoms with Crippen LogP contribution >= 0.6 is 0 Å². The van der Waals surface area contributed by atoms with Crippen LogP contribution in [0.25, 0.3) is 0 Å². The Morgan fingerprint density at radius 3 is 0.859 bits per heavy atom. The quantitative estimate of drug-likeness (QED) is 0.0262. The highest BCUT2D eigenvalue weighted by Gasteiger charge is 2.19. The summed E-state index contributed by atoms with van der Waals surface area (Å²) in [7, 11) is 0. The molecule has 0 aromatic heterocycles. The Morgan fingerprint density at radius 1 is 0.296 bits per heavy atom. The van der Waals surface area contributed by atoms with Gasteiger partial charge in [0.15, 0.2) is 6.10 Å². The molecule has 0 N–H and O–H groups in total. The van der Waals surface area contributed by atoms with Crippen molar-refractivity contribution in [2.75, 3.05) is 13.2 Å². The lowest BCUT2D eigenvalue weighted by atomic mass is 10.1. The van der Waals surface area contributed by atoms with E-state index < -0.39 is 12.1 Å². The predicted molar refractivity (Wildman–Crippen MR) is 306 cm³/mol. The Labute approximate surface area is 434 Å². The molecule has 0 rings (SSSR count). The minimum absolute atomic E-state index is 0.127. The second-order valence-corrected chi connectivity index (χ2v) is 17.4. The number of allylic oxidation sites excluding steroid dienone is 28. The lowest BCUT2D eigenvalue weighted by Crippen LogP contribution is -2.30.